The number of pyridine rings is 1. The van der Waals surface area contributed by atoms with E-state index in [2.05, 4.69) is 10.1 Å². The van der Waals surface area contributed by atoms with Crippen LogP contribution in [0.25, 0.3) is 16.8 Å². The Hall–Kier alpha value is -2.43. The van der Waals surface area contributed by atoms with E-state index in [1.54, 1.807) is 16.9 Å². The fourth-order valence-electron chi connectivity index (χ4n) is 3.85. The highest BCUT2D eigenvalue weighted by molar-refractivity contribution is 5.79. The maximum Gasteiger partial charge on any atom is 0.276 e. The van der Waals surface area contributed by atoms with Crippen LogP contribution in [-0.4, -0.2) is 19.6 Å². The number of aromatic nitrogens is 4. The number of H-pyrrole nitrogens is 1. The summed E-state index contributed by atoms with van der Waals surface area (Å²) in [5.74, 6) is 0.361. The van der Waals surface area contributed by atoms with Crippen LogP contribution in [0.2, 0.25) is 0 Å². The molecule has 1 aliphatic carbocycles. The molecule has 3 aromatic rings. The average molecular weight is 308 g/mol. The van der Waals surface area contributed by atoms with E-state index in [0.717, 1.165) is 40.9 Å². The Morgan fingerprint density at radius 2 is 1.87 bits per heavy atom. The molecule has 0 aromatic carbocycles. The lowest BCUT2D eigenvalue weighted by atomic mass is 9.97. The molecular formula is C18H20N4O. The van der Waals surface area contributed by atoms with Gasteiger partial charge in [-0.3, -0.25) is 14.9 Å². The monoisotopic (exact) mass is 308 g/mol. The van der Waals surface area contributed by atoms with Gasteiger partial charge in [0, 0.05) is 34.9 Å². The zero-order valence-corrected chi connectivity index (χ0v) is 13.5. The summed E-state index contributed by atoms with van der Waals surface area (Å²) in [6.45, 7) is 3.95. The van der Waals surface area contributed by atoms with Crippen molar-refractivity contribution in [3.8, 4) is 11.1 Å². The molecule has 1 saturated carbocycles. The predicted octanol–water partition coefficient (Wildman–Crippen LogP) is 3.36. The summed E-state index contributed by atoms with van der Waals surface area (Å²) in [6.07, 6.45) is 8.13. The second-order valence-electron chi connectivity index (χ2n) is 6.40. The summed E-state index contributed by atoms with van der Waals surface area (Å²) in [6, 6.07) is 3.89. The van der Waals surface area contributed by atoms with Crippen molar-refractivity contribution >= 4 is 5.65 Å². The molecule has 0 spiro atoms. The Bertz CT molecular complexity index is 918. The molecule has 0 radical (unpaired) electrons. The molecule has 1 N–H and O–H groups in total. The van der Waals surface area contributed by atoms with Crippen molar-refractivity contribution in [3.05, 3.63) is 51.8 Å². The molecule has 0 amide bonds. The second kappa shape index (κ2) is 5.33. The Labute approximate surface area is 134 Å². The molecule has 1 aliphatic rings. The number of hydrogen-bond donors (Lipinski definition) is 1. The van der Waals surface area contributed by atoms with Gasteiger partial charge in [-0.25, -0.2) is 9.50 Å². The summed E-state index contributed by atoms with van der Waals surface area (Å²) >= 11 is 0. The Kier molecular flexibility index (Phi) is 3.29. The van der Waals surface area contributed by atoms with Crippen molar-refractivity contribution in [2.75, 3.05) is 0 Å². The number of nitrogens with zero attached hydrogens (tertiary/aromatic N) is 3. The maximum atomic E-state index is 13.0. The van der Waals surface area contributed by atoms with Gasteiger partial charge >= 0.3 is 0 Å². The first-order valence-corrected chi connectivity index (χ1v) is 8.19. The number of aromatic amines is 1. The number of aryl methyl sites for hydroxylation is 2. The standard InChI is InChI=1S/C18H20N4O/c1-11-16(13-5-3-4-6-13)18(23)22-17(20-11)15(12(2)21-22)14-7-9-19-10-8-14/h7-10,13,21H,3-6H2,1-2H3. The third-order valence-corrected chi connectivity index (χ3v) is 4.92. The van der Waals surface area contributed by atoms with Gasteiger partial charge in [0.25, 0.3) is 5.56 Å². The minimum atomic E-state index is 0.0582. The lowest BCUT2D eigenvalue weighted by Crippen LogP contribution is -2.23. The Morgan fingerprint density at radius 1 is 1.17 bits per heavy atom. The molecular weight excluding hydrogens is 288 g/mol. The largest absolute Gasteiger partial charge is 0.293 e. The normalized spacial score (nSPS) is 15.6. The summed E-state index contributed by atoms with van der Waals surface area (Å²) < 4.78 is 1.62. The van der Waals surface area contributed by atoms with E-state index in [9.17, 15) is 4.79 Å². The van der Waals surface area contributed by atoms with Crippen LogP contribution in [0, 0.1) is 13.8 Å². The van der Waals surface area contributed by atoms with Gasteiger partial charge in [-0.05, 0) is 50.3 Å². The maximum absolute atomic E-state index is 13.0. The van der Waals surface area contributed by atoms with Crippen LogP contribution in [0.1, 0.15) is 48.6 Å². The lowest BCUT2D eigenvalue weighted by Gasteiger charge is -2.11. The van der Waals surface area contributed by atoms with Crippen molar-refractivity contribution in [1.29, 1.82) is 0 Å². The number of rotatable bonds is 2. The van der Waals surface area contributed by atoms with E-state index < -0.39 is 0 Å². The molecule has 0 atom stereocenters. The van der Waals surface area contributed by atoms with Crippen molar-refractivity contribution in [2.45, 2.75) is 45.4 Å². The Morgan fingerprint density at radius 3 is 2.57 bits per heavy atom. The third kappa shape index (κ3) is 2.19. The van der Waals surface area contributed by atoms with Gasteiger partial charge in [-0.1, -0.05) is 12.8 Å². The fourth-order valence-corrected chi connectivity index (χ4v) is 3.85. The molecule has 23 heavy (non-hydrogen) atoms. The highest BCUT2D eigenvalue weighted by atomic mass is 16.1. The minimum Gasteiger partial charge on any atom is -0.293 e. The van der Waals surface area contributed by atoms with E-state index in [0.29, 0.717) is 11.6 Å². The molecule has 3 aromatic heterocycles. The van der Waals surface area contributed by atoms with E-state index in [1.165, 1.54) is 12.8 Å². The number of hydrogen-bond acceptors (Lipinski definition) is 3. The van der Waals surface area contributed by atoms with Crippen LogP contribution >= 0.6 is 0 Å². The van der Waals surface area contributed by atoms with Gasteiger partial charge in [0.2, 0.25) is 0 Å². The van der Waals surface area contributed by atoms with Gasteiger partial charge < -0.3 is 0 Å². The highest BCUT2D eigenvalue weighted by Gasteiger charge is 2.25. The van der Waals surface area contributed by atoms with E-state index >= 15 is 0 Å². The lowest BCUT2D eigenvalue weighted by molar-refractivity contribution is 0.686. The molecule has 5 nitrogen and oxygen atoms in total. The smallest absolute Gasteiger partial charge is 0.276 e. The van der Waals surface area contributed by atoms with Gasteiger partial charge in [-0.2, -0.15) is 0 Å². The highest BCUT2D eigenvalue weighted by Crippen LogP contribution is 2.34. The predicted molar refractivity (Wildman–Crippen MR) is 89.7 cm³/mol. The van der Waals surface area contributed by atoms with Crippen molar-refractivity contribution in [3.63, 3.8) is 0 Å². The fraction of sp³-hybridized carbons (Fsp3) is 0.389. The van der Waals surface area contributed by atoms with E-state index in [4.69, 9.17) is 4.98 Å². The first kappa shape index (κ1) is 14.2. The van der Waals surface area contributed by atoms with Gasteiger partial charge in [0.1, 0.15) is 0 Å². The molecule has 118 valence electrons. The van der Waals surface area contributed by atoms with Crippen LogP contribution in [-0.2, 0) is 0 Å². The Balaban J connectivity index is 1.99. The van der Waals surface area contributed by atoms with E-state index in [1.807, 2.05) is 26.0 Å². The summed E-state index contributed by atoms with van der Waals surface area (Å²) in [7, 11) is 0. The molecule has 5 heteroatoms. The topological polar surface area (TPSA) is 63.1 Å². The molecule has 0 unspecified atom stereocenters. The van der Waals surface area contributed by atoms with Crippen LogP contribution < -0.4 is 5.56 Å². The molecule has 0 saturated heterocycles. The van der Waals surface area contributed by atoms with E-state index in [-0.39, 0.29) is 5.56 Å². The number of fused-ring (bicyclic) bond motifs is 1. The number of nitrogens with one attached hydrogen (secondary N) is 1. The molecule has 1 fully saturated rings. The first-order valence-electron chi connectivity index (χ1n) is 8.19. The van der Waals surface area contributed by atoms with Gasteiger partial charge in [-0.15, -0.1) is 0 Å². The first-order chi connectivity index (χ1) is 11.2. The van der Waals surface area contributed by atoms with Crippen LogP contribution in [0.4, 0.5) is 0 Å². The minimum absolute atomic E-state index is 0.0582. The molecule has 0 bridgehead atoms. The second-order valence-corrected chi connectivity index (χ2v) is 6.40. The molecule has 3 heterocycles. The van der Waals surface area contributed by atoms with Crippen molar-refractivity contribution < 1.29 is 0 Å². The molecule has 4 rings (SSSR count). The van der Waals surface area contributed by atoms with Crippen LogP contribution in [0.15, 0.2) is 29.3 Å². The van der Waals surface area contributed by atoms with Crippen molar-refractivity contribution in [2.24, 2.45) is 0 Å². The zero-order chi connectivity index (χ0) is 16.0. The van der Waals surface area contributed by atoms with Crippen LogP contribution in [0.5, 0.6) is 0 Å². The summed E-state index contributed by atoms with van der Waals surface area (Å²) in [4.78, 5) is 21.9. The van der Waals surface area contributed by atoms with Gasteiger partial charge in [0.05, 0.1) is 0 Å². The average Bonchev–Trinajstić information content (AvgIpc) is 3.16. The third-order valence-electron chi connectivity index (χ3n) is 4.92. The molecule has 0 aliphatic heterocycles. The summed E-state index contributed by atoms with van der Waals surface area (Å²) in [5.41, 5.74) is 5.48. The summed E-state index contributed by atoms with van der Waals surface area (Å²) in [5, 5.41) is 3.21. The quantitative estimate of drug-likeness (QED) is 0.789. The van der Waals surface area contributed by atoms with Gasteiger partial charge in [0.15, 0.2) is 5.65 Å². The van der Waals surface area contributed by atoms with Crippen molar-refractivity contribution in [1.82, 2.24) is 19.6 Å². The SMILES string of the molecule is Cc1nc2c(-c3ccncc3)c(C)[nH]n2c(=O)c1C1CCCC1. The van der Waals surface area contributed by atoms with Crippen LogP contribution in [0.3, 0.4) is 0 Å². The zero-order valence-electron chi connectivity index (χ0n) is 13.5.